The summed E-state index contributed by atoms with van der Waals surface area (Å²) in [6.45, 7) is 6.95. The average Bonchev–Trinajstić information content (AvgIpc) is 2.92. The lowest BCUT2D eigenvalue weighted by Gasteiger charge is -2.23. The molecule has 0 radical (unpaired) electrons. The van der Waals surface area contributed by atoms with Crippen molar-refractivity contribution in [3.63, 3.8) is 0 Å². The topological polar surface area (TPSA) is 72.5 Å². The van der Waals surface area contributed by atoms with E-state index in [1.165, 1.54) is 6.08 Å². The minimum absolute atomic E-state index is 0.245. The molecule has 0 spiro atoms. The Morgan fingerprint density at radius 2 is 1.36 bits per heavy atom. The van der Waals surface area contributed by atoms with Gasteiger partial charge in [0.25, 0.3) is 5.91 Å². The summed E-state index contributed by atoms with van der Waals surface area (Å²) in [6.07, 6.45) is 2.54. The van der Waals surface area contributed by atoms with Crippen LogP contribution in [0.15, 0.2) is 121 Å². The van der Waals surface area contributed by atoms with Crippen molar-refractivity contribution in [3.05, 3.63) is 138 Å². The fourth-order valence-electron chi connectivity index (χ4n) is 3.38. The first-order valence-corrected chi connectivity index (χ1v) is 11.4. The first-order chi connectivity index (χ1) is 17.4. The van der Waals surface area contributed by atoms with Crippen LogP contribution in [-0.2, 0) is 19.1 Å². The van der Waals surface area contributed by atoms with Crippen molar-refractivity contribution in [1.82, 2.24) is 5.32 Å². The van der Waals surface area contributed by atoms with E-state index in [1.807, 2.05) is 42.5 Å². The predicted octanol–water partition coefficient (Wildman–Crippen LogP) is 5.80. The number of amides is 1. The molecule has 0 fully saturated rings. The number of carbonyl (C=O) groups is 3. The largest absolute Gasteiger partial charge is 0.446 e. The van der Waals surface area contributed by atoms with Crippen LogP contribution in [0.4, 0.5) is 0 Å². The van der Waals surface area contributed by atoms with Crippen molar-refractivity contribution in [1.29, 1.82) is 0 Å². The Labute approximate surface area is 215 Å². The third-order valence-corrected chi connectivity index (χ3v) is 5.23. The van der Waals surface area contributed by atoms with Gasteiger partial charge in [0.05, 0.1) is 10.7 Å². The van der Waals surface area contributed by atoms with Crippen LogP contribution < -0.4 is 5.32 Å². The van der Waals surface area contributed by atoms with Crippen molar-refractivity contribution >= 4 is 46.6 Å². The van der Waals surface area contributed by atoms with Crippen LogP contribution in [-0.4, -0.2) is 23.8 Å². The Bertz CT molecular complexity index is 1310. The number of esters is 1. The molecule has 0 saturated carbocycles. The molecule has 6 heteroatoms. The Hall–Kier alpha value is -4.48. The second-order valence-corrected chi connectivity index (χ2v) is 8.00. The SMILES string of the molecule is C=CC(=O)OC(C(=O)C=Cc1ccccc1)C(=C(NC(=O)C(=C)Cl)c1ccccc1)c1ccccc1. The number of rotatable bonds is 10. The fraction of sp³-hybridized carbons (Fsp3) is 0.0333. The van der Waals surface area contributed by atoms with Crippen LogP contribution >= 0.6 is 11.6 Å². The first-order valence-electron chi connectivity index (χ1n) is 11.0. The highest BCUT2D eigenvalue weighted by molar-refractivity contribution is 6.42. The second kappa shape index (κ2) is 12.8. The maximum atomic E-state index is 13.5. The van der Waals surface area contributed by atoms with E-state index >= 15 is 0 Å². The highest BCUT2D eigenvalue weighted by Crippen LogP contribution is 2.31. The molecule has 0 aromatic heterocycles. The summed E-state index contributed by atoms with van der Waals surface area (Å²) in [5.74, 6) is -1.97. The summed E-state index contributed by atoms with van der Waals surface area (Å²) >= 11 is 5.87. The maximum absolute atomic E-state index is 13.5. The predicted molar refractivity (Wildman–Crippen MR) is 143 cm³/mol. The molecule has 1 atom stereocenters. The number of ketones is 1. The zero-order chi connectivity index (χ0) is 25.9. The monoisotopic (exact) mass is 497 g/mol. The van der Waals surface area contributed by atoms with E-state index in [0.717, 1.165) is 11.6 Å². The summed E-state index contributed by atoms with van der Waals surface area (Å²) in [5, 5.41) is 2.50. The van der Waals surface area contributed by atoms with Crippen LogP contribution in [0.2, 0.25) is 0 Å². The molecule has 0 aliphatic heterocycles. The van der Waals surface area contributed by atoms with Gasteiger partial charge in [0, 0.05) is 11.6 Å². The van der Waals surface area contributed by atoms with E-state index in [0.29, 0.717) is 11.1 Å². The third-order valence-electron chi connectivity index (χ3n) is 5.06. The van der Waals surface area contributed by atoms with Gasteiger partial charge in [-0.2, -0.15) is 0 Å². The van der Waals surface area contributed by atoms with Gasteiger partial charge in [0.15, 0.2) is 6.10 Å². The van der Waals surface area contributed by atoms with Crippen molar-refractivity contribution in [2.45, 2.75) is 6.10 Å². The molecule has 180 valence electrons. The second-order valence-electron chi connectivity index (χ2n) is 7.55. The molecule has 5 nitrogen and oxygen atoms in total. The molecular weight excluding hydrogens is 474 g/mol. The third kappa shape index (κ3) is 7.01. The van der Waals surface area contributed by atoms with Gasteiger partial charge in [0.2, 0.25) is 5.78 Å². The quantitative estimate of drug-likeness (QED) is 0.218. The number of halogens is 1. The van der Waals surface area contributed by atoms with Gasteiger partial charge < -0.3 is 10.1 Å². The number of hydrogen-bond donors (Lipinski definition) is 1. The van der Waals surface area contributed by atoms with Gasteiger partial charge in [-0.15, -0.1) is 0 Å². The molecule has 1 N–H and O–H groups in total. The Morgan fingerprint density at radius 3 is 1.89 bits per heavy atom. The summed E-state index contributed by atoms with van der Waals surface area (Å²) in [5.41, 5.74) is 2.44. The Balaban J connectivity index is 2.26. The summed E-state index contributed by atoms with van der Waals surface area (Å²) in [4.78, 5) is 38.6. The Kier molecular flexibility index (Phi) is 9.32. The number of nitrogens with one attached hydrogen (secondary N) is 1. The Morgan fingerprint density at radius 1 is 0.833 bits per heavy atom. The number of hydrogen-bond acceptors (Lipinski definition) is 4. The normalized spacial score (nSPS) is 12.2. The van der Waals surface area contributed by atoms with Gasteiger partial charge in [-0.3, -0.25) is 9.59 Å². The molecular formula is C30H24ClNO4. The molecule has 3 aromatic rings. The molecule has 0 aliphatic carbocycles. The van der Waals surface area contributed by atoms with E-state index in [-0.39, 0.29) is 16.3 Å². The van der Waals surface area contributed by atoms with Crippen LogP contribution in [0.25, 0.3) is 17.3 Å². The molecule has 1 unspecified atom stereocenters. The van der Waals surface area contributed by atoms with Crippen molar-refractivity contribution < 1.29 is 19.1 Å². The zero-order valence-electron chi connectivity index (χ0n) is 19.4. The number of ether oxygens (including phenoxy) is 1. The van der Waals surface area contributed by atoms with Gasteiger partial charge in [-0.05, 0) is 22.8 Å². The fourth-order valence-corrected chi connectivity index (χ4v) is 3.43. The molecule has 3 aromatic carbocycles. The highest BCUT2D eigenvalue weighted by atomic mass is 35.5. The molecule has 0 aliphatic rings. The van der Waals surface area contributed by atoms with Crippen LogP contribution in [0.5, 0.6) is 0 Å². The molecule has 0 heterocycles. The van der Waals surface area contributed by atoms with E-state index < -0.39 is 23.8 Å². The van der Waals surface area contributed by atoms with Crippen molar-refractivity contribution in [3.8, 4) is 0 Å². The van der Waals surface area contributed by atoms with E-state index in [4.69, 9.17) is 16.3 Å². The lowest BCUT2D eigenvalue weighted by atomic mass is 9.92. The van der Waals surface area contributed by atoms with Crippen LogP contribution in [0.1, 0.15) is 16.7 Å². The minimum Gasteiger partial charge on any atom is -0.446 e. The number of benzene rings is 3. The molecule has 1 amide bonds. The first kappa shape index (κ1) is 26.1. The molecule has 0 bridgehead atoms. The molecule has 0 saturated heterocycles. The number of carbonyl (C=O) groups excluding carboxylic acids is 3. The van der Waals surface area contributed by atoms with Gasteiger partial charge in [-0.1, -0.05) is 122 Å². The minimum atomic E-state index is -1.41. The smallest absolute Gasteiger partial charge is 0.331 e. The standard InChI is InChI=1S/C30H24ClNO4/c1-3-26(34)36-29(25(33)20-19-22-13-7-4-8-14-22)27(23-15-9-5-10-16-23)28(32-30(35)21(2)31)24-17-11-6-12-18-24/h3-20,29H,1-2H2,(H,32,35). The van der Waals surface area contributed by atoms with E-state index in [2.05, 4.69) is 18.5 Å². The lowest BCUT2D eigenvalue weighted by molar-refractivity contribution is -0.145. The summed E-state index contributed by atoms with van der Waals surface area (Å²) < 4.78 is 5.59. The summed E-state index contributed by atoms with van der Waals surface area (Å²) in [6, 6.07) is 27.0. The van der Waals surface area contributed by atoms with Gasteiger partial charge >= 0.3 is 5.97 Å². The van der Waals surface area contributed by atoms with E-state index in [1.54, 1.807) is 54.6 Å². The average molecular weight is 498 g/mol. The van der Waals surface area contributed by atoms with Crippen LogP contribution in [0.3, 0.4) is 0 Å². The van der Waals surface area contributed by atoms with Gasteiger partial charge in [-0.25, -0.2) is 4.79 Å². The van der Waals surface area contributed by atoms with Crippen molar-refractivity contribution in [2.75, 3.05) is 0 Å². The van der Waals surface area contributed by atoms with E-state index in [9.17, 15) is 14.4 Å². The van der Waals surface area contributed by atoms with Crippen LogP contribution in [0, 0.1) is 0 Å². The highest BCUT2D eigenvalue weighted by Gasteiger charge is 2.30. The maximum Gasteiger partial charge on any atom is 0.331 e. The molecule has 36 heavy (non-hydrogen) atoms. The summed E-state index contributed by atoms with van der Waals surface area (Å²) in [7, 11) is 0. The van der Waals surface area contributed by atoms with Crippen molar-refractivity contribution in [2.24, 2.45) is 0 Å². The zero-order valence-corrected chi connectivity index (χ0v) is 20.2. The van der Waals surface area contributed by atoms with Gasteiger partial charge in [0.1, 0.15) is 0 Å². The lowest BCUT2D eigenvalue weighted by Crippen LogP contribution is -2.31. The molecule has 3 rings (SSSR count).